The highest BCUT2D eigenvalue weighted by Gasteiger charge is 2.18. The third kappa shape index (κ3) is 3.85. The summed E-state index contributed by atoms with van der Waals surface area (Å²) in [7, 11) is 1.65. The van der Waals surface area contributed by atoms with Crippen LogP contribution < -0.4 is 10.2 Å². The predicted octanol–water partition coefficient (Wildman–Crippen LogP) is 6.00. The first-order valence-electron chi connectivity index (χ1n) is 9.72. The molecular formula is C25H18FN3OS. The zero-order valence-electron chi connectivity index (χ0n) is 16.7. The van der Waals surface area contributed by atoms with E-state index in [2.05, 4.69) is 10.5 Å². The van der Waals surface area contributed by atoms with E-state index in [1.54, 1.807) is 24.5 Å². The molecule has 1 aliphatic rings. The molecule has 1 aromatic heterocycles. The highest BCUT2D eigenvalue weighted by Crippen LogP contribution is 2.29. The summed E-state index contributed by atoms with van der Waals surface area (Å²) >= 11 is 1.57. The largest absolute Gasteiger partial charge is 0.497 e. The monoisotopic (exact) mass is 427 g/mol. The summed E-state index contributed by atoms with van der Waals surface area (Å²) in [5, 5.41) is 6.58. The number of halogens is 1. The Bertz CT molecular complexity index is 1280. The second-order valence-electron chi connectivity index (χ2n) is 6.98. The van der Waals surface area contributed by atoms with E-state index in [-0.39, 0.29) is 5.82 Å². The quantitative estimate of drug-likeness (QED) is 0.434. The summed E-state index contributed by atoms with van der Waals surface area (Å²) in [5.74, 6) is 1.14. The molecule has 0 aliphatic carbocycles. The van der Waals surface area contributed by atoms with Gasteiger partial charge in [0, 0.05) is 11.1 Å². The molecule has 3 aromatic carbocycles. The van der Waals surface area contributed by atoms with E-state index in [1.165, 1.54) is 12.1 Å². The number of hydrogen-bond acceptors (Lipinski definition) is 5. The third-order valence-electron chi connectivity index (χ3n) is 5.06. The zero-order chi connectivity index (χ0) is 21.2. The molecule has 0 fully saturated rings. The van der Waals surface area contributed by atoms with Gasteiger partial charge in [-0.2, -0.15) is 5.10 Å². The molecule has 0 atom stereocenters. The van der Waals surface area contributed by atoms with Crippen LogP contribution in [0.3, 0.4) is 0 Å². The molecule has 1 aliphatic heterocycles. The number of ether oxygens (including phenoxy) is 1. The molecule has 4 aromatic rings. The average Bonchev–Trinajstić information content (AvgIpc) is 3.28. The second-order valence-corrected chi connectivity index (χ2v) is 7.92. The minimum atomic E-state index is -0.323. The van der Waals surface area contributed by atoms with Gasteiger partial charge in [0.05, 0.1) is 17.7 Å². The van der Waals surface area contributed by atoms with Crippen LogP contribution >= 0.6 is 11.3 Å². The van der Waals surface area contributed by atoms with E-state index < -0.39 is 0 Å². The Labute approximate surface area is 183 Å². The van der Waals surface area contributed by atoms with E-state index in [4.69, 9.17) is 9.73 Å². The van der Waals surface area contributed by atoms with Crippen LogP contribution in [0.25, 0.3) is 11.1 Å². The molecule has 6 heteroatoms. The van der Waals surface area contributed by atoms with Crippen molar-refractivity contribution in [3.05, 3.63) is 106 Å². The Morgan fingerprint density at radius 2 is 1.58 bits per heavy atom. The highest BCUT2D eigenvalue weighted by atomic mass is 32.1. The van der Waals surface area contributed by atoms with Crippen molar-refractivity contribution >= 4 is 28.6 Å². The summed E-state index contributed by atoms with van der Waals surface area (Å²) in [6.45, 7) is 0. The molecule has 5 rings (SSSR count). The number of nitrogens with zero attached hydrogens (tertiary/aromatic N) is 2. The molecule has 31 heavy (non-hydrogen) atoms. The summed E-state index contributed by atoms with van der Waals surface area (Å²) in [4.78, 5) is 5.67. The summed E-state index contributed by atoms with van der Waals surface area (Å²) in [6.07, 6.45) is 0. The van der Waals surface area contributed by atoms with Crippen LogP contribution in [0.1, 0.15) is 16.0 Å². The molecule has 0 bridgehead atoms. The average molecular weight is 428 g/mol. The van der Waals surface area contributed by atoms with Gasteiger partial charge in [-0.1, -0.05) is 42.5 Å². The van der Waals surface area contributed by atoms with Crippen molar-refractivity contribution in [1.29, 1.82) is 0 Å². The Hall–Kier alpha value is -3.77. The lowest BCUT2D eigenvalue weighted by Crippen LogP contribution is -2.18. The van der Waals surface area contributed by atoms with Crippen molar-refractivity contribution in [2.24, 2.45) is 10.1 Å². The van der Waals surface area contributed by atoms with Crippen molar-refractivity contribution in [3.8, 4) is 16.9 Å². The lowest BCUT2D eigenvalue weighted by atomic mass is 9.97. The Morgan fingerprint density at radius 3 is 2.26 bits per heavy atom. The normalized spacial score (nSPS) is 12.8. The Morgan fingerprint density at radius 1 is 0.871 bits per heavy atom. The van der Waals surface area contributed by atoms with Crippen LogP contribution in [0.2, 0.25) is 0 Å². The van der Waals surface area contributed by atoms with Crippen LogP contribution in [0.15, 0.2) is 94.3 Å². The van der Waals surface area contributed by atoms with Gasteiger partial charge in [-0.05, 0) is 52.9 Å². The van der Waals surface area contributed by atoms with Crippen LogP contribution in [0.5, 0.6) is 5.75 Å². The van der Waals surface area contributed by atoms with Crippen molar-refractivity contribution in [2.75, 3.05) is 7.11 Å². The summed E-state index contributed by atoms with van der Waals surface area (Å²) in [6, 6.07) is 24.5. The minimum absolute atomic E-state index is 0.323. The van der Waals surface area contributed by atoms with Crippen LogP contribution in [0.4, 0.5) is 10.1 Å². The standard InChI is InChI=1S/C25H18FN3OS/c1-30-20-11-8-17(9-12-20)16-4-6-18(7-5-16)24-21-15-19(26)10-13-22(21)27-25(29-28-24)23-3-2-14-31-23/h2-15H,1H3,(H,27,29). The third-order valence-corrected chi connectivity index (χ3v) is 5.93. The molecule has 0 saturated carbocycles. The number of fused-ring (bicyclic) bond motifs is 1. The van der Waals surface area contributed by atoms with Gasteiger partial charge in [-0.3, -0.25) is 5.43 Å². The molecule has 1 N–H and O–H groups in total. The zero-order valence-corrected chi connectivity index (χ0v) is 17.5. The van der Waals surface area contributed by atoms with Gasteiger partial charge >= 0.3 is 0 Å². The number of benzene rings is 3. The minimum Gasteiger partial charge on any atom is -0.497 e. The number of methoxy groups -OCH3 is 1. The number of aliphatic imine (C=N–C) groups is 1. The highest BCUT2D eigenvalue weighted by molar-refractivity contribution is 7.12. The molecule has 0 amide bonds. The first kappa shape index (κ1) is 19.2. The van der Waals surface area contributed by atoms with Crippen molar-refractivity contribution in [3.63, 3.8) is 0 Å². The molecular weight excluding hydrogens is 409 g/mol. The maximum Gasteiger partial charge on any atom is 0.164 e. The molecule has 2 heterocycles. The van der Waals surface area contributed by atoms with Crippen molar-refractivity contribution < 1.29 is 9.13 Å². The first-order valence-corrected chi connectivity index (χ1v) is 10.6. The fourth-order valence-electron chi connectivity index (χ4n) is 3.46. The maximum atomic E-state index is 14.1. The lowest BCUT2D eigenvalue weighted by Gasteiger charge is -2.09. The fourth-order valence-corrected chi connectivity index (χ4v) is 4.12. The van der Waals surface area contributed by atoms with E-state index in [0.717, 1.165) is 27.3 Å². The van der Waals surface area contributed by atoms with Gasteiger partial charge in [0.2, 0.25) is 0 Å². The number of rotatable bonds is 4. The van der Waals surface area contributed by atoms with Gasteiger partial charge in [0.1, 0.15) is 17.3 Å². The van der Waals surface area contributed by atoms with Gasteiger partial charge < -0.3 is 4.74 Å². The van der Waals surface area contributed by atoms with Gasteiger partial charge in [0.15, 0.2) is 5.84 Å². The van der Waals surface area contributed by atoms with Gasteiger partial charge in [0.25, 0.3) is 0 Å². The van der Waals surface area contributed by atoms with Crippen molar-refractivity contribution in [2.45, 2.75) is 0 Å². The van der Waals surface area contributed by atoms with Crippen LogP contribution in [0, 0.1) is 5.82 Å². The van der Waals surface area contributed by atoms with Gasteiger partial charge in [-0.25, -0.2) is 9.38 Å². The fraction of sp³-hybridized carbons (Fsp3) is 0.0400. The first-order chi connectivity index (χ1) is 15.2. The molecule has 0 spiro atoms. The summed E-state index contributed by atoms with van der Waals surface area (Å²) in [5.41, 5.74) is 8.07. The van der Waals surface area contributed by atoms with E-state index in [9.17, 15) is 4.39 Å². The number of hydrogen-bond donors (Lipinski definition) is 1. The summed E-state index contributed by atoms with van der Waals surface area (Å²) < 4.78 is 19.3. The molecule has 0 saturated heterocycles. The molecule has 4 nitrogen and oxygen atoms in total. The number of amidine groups is 1. The smallest absolute Gasteiger partial charge is 0.164 e. The molecule has 152 valence electrons. The second kappa shape index (κ2) is 8.16. The predicted molar refractivity (Wildman–Crippen MR) is 124 cm³/mol. The van der Waals surface area contributed by atoms with Crippen LogP contribution in [-0.2, 0) is 0 Å². The molecule has 0 radical (unpaired) electrons. The van der Waals surface area contributed by atoms with E-state index in [1.807, 2.05) is 66.0 Å². The molecule has 0 unspecified atom stereocenters. The van der Waals surface area contributed by atoms with Crippen molar-refractivity contribution in [1.82, 2.24) is 5.43 Å². The van der Waals surface area contributed by atoms with Gasteiger partial charge in [-0.15, -0.1) is 11.3 Å². The van der Waals surface area contributed by atoms with Crippen LogP contribution in [-0.4, -0.2) is 18.7 Å². The van der Waals surface area contributed by atoms with E-state index >= 15 is 0 Å². The topological polar surface area (TPSA) is 46.0 Å². The maximum absolute atomic E-state index is 14.1. The van der Waals surface area contributed by atoms with E-state index in [0.29, 0.717) is 22.8 Å². The Kier molecular flexibility index (Phi) is 5.06. The SMILES string of the molecule is COc1ccc(-c2ccc(C3=NNC(c4cccs4)=Nc4ccc(F)cc43)cc2)cc1. The number of thiophene rings is 1. The Balaban J connectivity index is 1.53. The lowest BCUT2D eigenvalue weighted by molar-refractivity contribution is 0.415. The number of nitrogens with one attached hydrogen (secondary N) is 1. The number of hydrazone groups is 1.